The molecule has 0 aliphatic rings. The van der Waals surface area contributed by atoms with Crippen molar-refractivity contribution in [3.63, 3.8) is 0 Å². The number of rotatable bonds is 2. The van der Waals surface area contributed by atoms with Gasteiger partial charge < -0.3 is 15.7 Å². The third kappa shape index (κ3) is 1.56. The zero-order valence-electron chi connectivity index (χ0n) is 8.01. The van der Waals surface area contributed by atoms with Crippen LogP contribution in [0.5, 0.6) is 5.75 Å². The van der Waals surface area contributed by atoms with E-state index in [4.69, 9.17) is 10.5 Å². The molecule has 0 atom stereocenters. The molecule has 78 valence electrons. The SMILES string of the molecule is COc1ccc(-c2c(N)no[n+]2[O-])cc1. The van der Waals surface area contributed by atoms with Crippen molar-refractivity contribution in [2.24, 2.45) is 0 Å². The molecule has 0 saturated heterocycles. The van der Waals surface area contributed by atoms with E-state index in [1.165, 1.54) is 0 Å². The molecule has 2 aromatic rings. The smallest absolute Gasteiger partial charge is 0.313 e. The molecule has 0 fully saturated rings. The molecule has 2 N–H and O–H groups in total. The molecule has 0 radical (unpaired) electrons. The van der Waals surface area contributed by atoms with Gasteiger partial charge in [0.1, 0.15) is 5.75 Å². The lowest BCUT2D eigenvalue weighted by Crippen LogP contribution is -2.25. The number of nitrogen functional groups attached to an aromatic ring is 1. The van der Waals surface area contributed by atoms with E-state index in [-0.39, 0.29) is 16.4 Å². The van der Waals surface area contributed by atoms with Crippen LogP contribution >= 0.6 is 0 Å². The Labute approximate surface area is 85.4 Å². The molecule has 1 heterocycles. The Morgan fingerprint density at radius 3 is 2.53 bits per heavy atom. The predicted molar refractivity (Wildman–Crippen MR) is 51.9 cm³/mol. The van der Waals surface area contributed by atoms with Gasteiger partial charge in [-0.3, -0.25) is 4.63 Å². The fourth-order valence-electron chi connectivity index (χ4n) is 1.26. The number of ether oxygens (including phenoxy) is 1. The molecule has 6 heteroatoms. The van der Waals surface area contributed by atoms with Gasteiger partial charge in [0.15, 0.2) is 0 Å². The van der Waals surface area contributed by atoms with Crippen LogP contribution in [-0.2, 0) is 0 Å². The third-order valence-corrected chi connectivity index (χ3v) is 2.00. The van der Waals surface area contributed by atoms with Crippen molar-refractivity contribution in [3.8, 4) is 17.0 Å². The van der Waals surface area contributed by atoms with Gasteiger partial charge in [-0.15, -0.1) is 0 Å². The van der Waals surface area contributed by atoms with Gasteiger partial charge in [-0.2, -0.15) is 0 Å². The summed E-state index contributed by atoms with van der Waals surface area (Å²) in [5.41, 5.74) is 6.32. The van der Waals surface area contributed by atoms with Crippen LogP contribution < -0.4 is 15.4 Å². The number of anilines is 1. The van der Waals surface area contributed by atoms with Crippen LogP contribution in [0.1, 0.15) is 0 Å². The first kappa shape index (κ1) is 9.32. The highest BCUT2D eigenvalue weighted by Crippen LogP contribution is 2.22. The highest BCUT2D eigenvalue weighted by atomic mass is 16.8. The maximum atomic E-state index is 11.2. The molecule has 0 spiro atoms. The van der Waals surface area contributed by atoms with E-state index < -0.39 is 0 Å². The normalized spacial score (nSPS) is 10.2. The standard InChI is InChI=1S/C9H9N3O3/c1-14-7-4-2-6(3-5-7)8-9(10)11-15-12(8)13/h2-5H,1H3,(H2,10,11). The van der Waals surface area contributed by atoms with E-state index >= 15 is 0 Å². The second-order valence-corrected chi connectivity index (χ2v) is 2.89. The number of nitrogens with two attached hydrogens (primary N) is 1. The monoisotopic (exact) mass is 207 g/mol. The Morgan fingerprint density at radius 1 is 1.40 bits per heavy atom. The second-order valence-electron chi connectivity index (χ2n) is 2.89. The van der Waals surface area contributed by atoms with Crippen LogP contribution in [0.4, 0.5) is 5.82 Å². The van der Waals surface area contributed by atoms with Crippen molar-refractivity contribution in [2.75, 3.05) is 12.8 Å². The predicted octanol–water partition coefficient (Wildman–Crippen LogP) is 0.566. The third-order valence-electron chi connectivity index (χ3n) is 2.00. The molecule has 1 aromatic carbocycles. The van der Waals surface area contributed by atoms with Gasteiger partial charge >= 0.3 is 5.82 Å². The van der Waals surface area contributed by atoms with Crippen molar-refractivity contribution >= 4 is 5.82 Å². The maximum Gasteiger partial charge on any atom is 0.313 e. The average molecular weight is 207 g/mol. The zero-order chi connectivity index (χ0) is 10.8. The summed E-state index contributed by atoms with van der Waals surface area (Å²) >= 11 is 0. The fraction of sp³-hybridized carbons (Fsp3) is 0.111. The molecule has 0 unspecified atom stereocenters. The molecule has 0 aliphatic carbocycles. The lowest BCUT2D eigenvalue weighted by Gasteiger charge is -2.00. The van der Waals surface area contributed by atoms with Crippen LogP contribution in [0.25, 0.3) is 11.3 Å². The van der Waals surface area contributed by atoms with Gasteiger partial charge in [0, 0.05) is 5.56 Å². The van der Waals surface area contributed by atoms with E-state index in [2.05, 4.69) is 9.79 Å². The van der Waals surface area contributed by atoms with Crippen molar-refractivity contribution in [1.29, 1.82) is 0 Å². The molecular weight excluding hydrogens is 198 g/mol. The Morgan fingerprint density at radius 2 is 2.07 bits per heavy atom. The van der Waals surface area contributed by atoms with Crippen molar-refractivity contribution in [1.82, 2.24) is 5.16 Å². The second kappa shape index (κ2) is 3.49. The van der Waals surface area contributed by atoms with E-state index in [1.807, 2.05) is 0 Å². The molecule has 15 heavy (non-hydrogen) atoms. The first-order valence-electron chi connectivity index (χ1n) is 4.22. The molecule has 2 rings (SSSR count). The van der Waals surface area contributed by atoms with Crippen LogP contribution in [0.15, 0.2) is 28.9 Å². The summed E-state index contributed by atoms with van der Waals surface area (Å²) in [7, 11) is 1.57. The van der Waals surface area contributed by atoms with Crippen molar-refractivity contribution < 1.29 is 14.3 Å². The molecule has 0 amide bonds. The van der Waals surface area contributed by atoms with Crippen LogP contribution in [0.2, 0.25) is 0 Å². The summed E-state index contributed by atoms with van der Waals surface area (Å²) in [6.07, 6.45) is 0. The fourth-order valence-corrected chi connectivity index (χ4v) is 1.26. The molecule has 0 bridgehead atoms. The minimum atomic E-state index is 0.0650. The highest BCUT2D eigenvalue weighted by molar-refractivity contribution is 5.66. The number of aromatic nitrogens is 2. The zero-order valence-corrected chi connectivity index (χ0v) is 8.01. The van der Waals surface area contributed by atoms with Gasteiger partial charge in [-0.1, -0.05) is 0 Å². The highest BCUT2D eigenvalue weighted by Gasteiger charge is 2.17. The largest absolute Gasteiger partial charge is 0.497 e. The van der Waals surface area contributed by atoms with E-state index in [0.717, 1.165) is 0 Å². The number of methoxy groups -OCH3 is 1. The summed E-state index contributed by atoms with van der Waals surface area (Å²) in [6.45, 7) is 0. The molecule has 0 aliphatic heterocycles. The van der Waals surface area contributed by atoms with Gasteiger partial charge in [-0.05, 0) is 29.2 Å². The Bertz CT molecular complexity index is 444. The minimum Gasteiger partial charge on any atom is -0.497 e. The van der Waals surface area contributed by atoms with Crippen LogP contribution in [0, 0.1) is 5.21 Å². The van der Waals surface area contributed by atoms with Gasteiger partial charge in [0.05, 0.1) is 12.3 Å². The maximum absolute atomic E-state index is 11.2. The molecular formula is C9H9N3O3. The number of hydrogen-bond donors (Lipinski definition) is 1. The van der Waals surface area contributed by atoms with E-state index in [9.17, 15) is 5.21 Å². The minimum absolute atomic E-state index is 0.0650. The van der Waals surface area contributed by atoms with Crippen molar-refractivity contribution in [3.05, 3.63) is 29.5 Å². The Balaban J connectivity index is 2.45. The van der Waals surface area contributed by atoms with Gasteiger partial charge in [0.2, 0.25) is 5.69 Å². The van der Waals surface area contributed by atoms with Gasteiger partial charge in [0.25, 0.3) is 0 Å². The lowest BCUT2D eigenvalue weighted by molar-refractivity contribution is -0.793. The number of benzene rings is 1. The molecule has 1 aromatic heterocycles. The lowest BCUT2D eigenvalue weighted by atomic mass is 10.1. The summed E-state index contributed by atoms with van der Waals surface area (Å²) in [6, 6.07) is 6.86. The van der Waals surface area contributed by atoms with Crippen LogP contribution in [0.3, 0.4) is 0 Å². The van der Waals surface area contributed by atoms with E-state index in [0.29, 0.717) is 11.3 Å². The summed E-state index contributed by atoms with van der Waals surface area (Å²) in [5.74, 6) is 0.765. The van der Waals surface area contributed by atoms with Gasteiger partial charge in [-0.25, -0.2) is 0 Å². The summed E-state index contributed by atoms with van der Waals surface area (Å²) < 4.78 is 9.35. The Kier molecular flexibility index (Phi) is 2.17. The topological polar surface area (TPSA) is 88.2 Å². The Hall–Kier alpha value is -2.24. The first-order valence-corrected chi connectivity index (χ1v) is 4.22. The quantitative estimate of drug-likeness (QED) is 0.727. The molecule has 6 nitrogen and oxygen atoms in total. The summed E-state index contributed by atoms with van der Waals surface area (Å²) in [5, 5.41) is 14.5. The number of hydrogen-bond acceptors (Lipinski definition) is 5. The number of nitrogens with zero attached hydrogens (tertiary/aromatic N) is 2. The first-order chi connectivity index (χ1) is 7.22. The molecule has 0 saturated carbocycles. The van der Waals surface area contributed by atoms with Crippen molar-refractivity contribution in [2.45, 2.75) is 0 Å². The van der Waals surface area contributed by atoms with Crippen LogP contribution in [-0.4, -0.2) is 12.3 Å². The van der Waals surface area contributed by atoms with E-state index in [1.54, 1.807) is 31.4 Å². The summed E-state index contributed by atoms with van der Waals surface area (Å²) in [4.78, 5) is 0.275. The average Bonchev–Trinajstić information content (AvgIpc) is 2.59.